The van der Waals surface area contributed by atoms with Crippen molar-refractivity contribution in [3.63, 3.8) is 0 Å². The normalized spacial score (nSPS) is 15.3. The number of thiophene rings is 1. The van der Waals surface area contributed by atoms with E-state index in [-0.39, 0.29) is 17.8 Å². The largest absolute Gasteiger partial charge is 0.466 e. The molecule has 0 atom stereocenters. The lowest BCUT2D eigenvalue weighted by Gasteiger charge is -2.30. The summed E-state index contributed by atoms with van der Waals surface area (Å²) in [6.07, 6.45) is 4.84. The molecule has 6 heteroatoms. The van der Waals surface area contributed by atoms with Gasteiger partial charge in [-0.2, -0.15) is 0 Å². The van der Waals surface area contributed by atoms with Crippen LogP contribution in [0.15, 0.2) is 36.7 Å². The zero-order valence-electron chi connectivity index (χ0n) is 13.6. The summed E-state index contributed by atoms with van der Waals surface area (Å²) in [5.74, 6) is -0.173. The standard InChI is InChI=1S/C18H20N2O3S/c1-2-23-18(22)14-7-11-20(12-8-14)17(21)16-4-3-15(24-16)13-5-9-19-10-6-13/h3-6,9-10,14H,2,7-8,11-12H2,1H3. The number of aromatic nitrogens is 1. The van der Waals surface area contributed by atoms with E-state index < -0.39 is 0 Å². The number of piperidine rings is 1. The zero-order chi connectivity index (χ0) is 16.9. The van der Waals surface area contributed by atoms with Crippen molar-refractivity contribution >= 4 is 23.2 Å². The van der Waals surface area contributed by atoms with Crippen LogP contribution in [0, 0.1) is 5.92 Å². The Bertz CT molecular complexity index is 706. The molecule has 0 aliphatic carbocycles. The number of carbonyl (C=O) groups excluding carboxylic acids is 2. The van der Waals surface area contributed by atoms with Crippen LogP contribution in [-0.4, -0.2) is 41.5 Å². The van der Waals surface area contributed by atoms with E-state index in [4.69, 9.17) is 4.74 Å². The second kappa shape index (κ2) is 7.57. The first kappa shape index (κ1) is 16.6. The number of likely N-dealkylation sites (tertiary alicyclic amines) is 1. The van der Waals surface area contributed by atoms with Crippen molar-refractivity contribution in [1.29, 1.82) is 0 Å². The number of nitrogens with zero attached hydrogens (tertiary/aromatic N) is 2. The molecule has 2 aromatic rings. The highest BCUT2D eigenvalue weighted by Gasteiger charge is 2.29. The van der Waals surface area contributed by atoms with Crippen molar-refractivity contribution in [1.82, 2.24) is 9.88 Å². The maximum absolute atomic E-state index is 12.7. The van der Waals surface area contributed by atoms with Gasteiger partial charge in [-0.15, -0.1) is 11.3 Å². The number of pyridine rings is 1. The van der Waals surface area contributed by atoms with Crippen molar-refractivity contribution in [3.8, 4) is 10.4 Å². The molecule has 1 aliphatic rings. The maximum atomic E-state index is 12.7. The summed E-state index contributed by atoms with van der Waals surface area (Å²) < 4.78 is 5.07. The molecule has 3 rings (SSSR count). The number of hydrogen-bond acceptors (Lipinski definition) is 5. The monoisotopic (exact) mass is 344 g/mol. The Kier molecular flexibility index (Phi) is 5.25. The van der Waals surface area contributed by atoms with Gasteiger partial charge >= 0.3 is 5.97 Å². The number of carbonyl (C=O) groups is 2. The molecule has 1 amide bonds. The summed E-state index contributed by atoms with van der Waals surface area (Å²) in [4.78, 5) is 32.1. The molecular weight excluding hydrogens is 324 g/mol. The van der Waals surface area contributed by atoms with Crippen molar-refractivity contribution in [3.05, 3.63) is 41.5 Å². The minimum absolute atomic E-state index is 0.0441. The second-order valence-corrected chi connectivity index (χ2v) is 6.80. The Balaban J connectivity index is 1.62. The van der Waals surface area contributed by atoms with Gasteiger partial charge in [0.25, 0.3) is 5.91 Å². The van der Waals surface area contributed by atoms with E-state index in [2.05, 4.69) is 4.98 Å². The van der Waals surface area contributed by atoms with E-state index in [1.165, 1.54) is 11.3 Å². The number of rotatable bonds is 4. The number of amides is 1. The fourth-order valence-corrected chi connectivity index (χ4v) is 3.84. The molecule has 0 saturated carbocycles. The second-order valence-electron chi connectivity index (χ2n) is 5.72. The average Bonchev–Trinajstić information content (AvgIpc) is 3.12. The van der Waals surface area contributed by atoms with Gasteiger partial charge in [-0.05, 0) is 49.6 Å². The molecular formula is C18H20N2O3S. The van der Waals surface area contributed by atoms with Crippen LogP contribution in [0.2, 0.25) is 0 Å². The molecule has 0 unspecified atom stereocenters. The van der Waals surface area contributed by atoms with E-state index in [0.29, 0.717) is 32.5 Å². The van der Waals surface area contributed by atoms with E-state index in [9.17, 15) is 9.59 Å². The molecule has 0 spiro atoms. The van der Waals surface area contributed by atoms with Gasteiger partial charge in [0, 0.05) is 30.4 Å². The first-order chi connectivity index (χ1) is 11.7. The smallest absolute Gasteiger partial charge is 0.309 e. The molecule has 2 aromatic heterocycles. The summed E-state index contributed by atoms with van der Waals surface area (Å²) in [6.45, 7) is 3.42. The topological polar surface area (TPSA) is 59.5 Å². The summed E-state index contributed by atoms with van der Waals surface area (Å²) in [5, 5.41) is 0. The third kappa shape index (κ3) is 3.64. The van der Waals surface area contributed by atoms with Gasteiger partial charge in [-0.25, -0.2) is 0 Å². The first-order valence-electron chi connectivity index (χ1n) is 8.15. The van der Waals surface area contributed by atoms with Crippen LogP contribution >= 0.6 is 11.3 Å². The lowest BCUT2D eigenvalue weighted by atomic mass is 9.97. The molecule has 0 radical (unpaired) electrons. The fourth-order valence-electron chi connectivity index (χ4n) is 2.86. The Hall–Kier alpha value is -2.21. The van der Waals surface area contributed by atoms with Crippen LogP contribution in [0.1, 0.15) is 29.4 Å². The lowest BCUT2D eigenvalue weighted by Crippen LogP contribution is -2.40. The Morgan fingerprint density at radius 2 is 1.92 bits per heavy atom. The van der Waals surface area contributed by atoms with Crippen LogP contribution in [0.5, 0.6) is 0 Å². The third-order valence-electron chi connectivity index (χ3n) is 4.18. The number of hydrogen-bond donors (Lipinski definition) is 0. The van der Waals surface area contributed by atoms with Crippen LogP contribution in [0.25, 0.3) is 10.4 Å². The average molecular weight is 344 g/mol. The van der Waals surface area contributed by atoms with Gasteiger partial charge in [0.1, 0.15) is 0 Å². The summed E-state index contributed by atoms with van der Waals surface area (Å²) in [6, 6.07) is 7.72. The molecule has 0 N–H and O–H groups in total. The first-order valence-corrected chi connectivity index (χ1v) is 8.97. The van der Waals surface area contributed by atoms with E-state index in [0.717, 1.165) is 15.3 Å². The predicted octanol–water partition coefficient (Wildman–Crippen LogP) is 3.23. The molecule has 1 aliphatic heterocycles. The van der Waals surface area contributed by atoms with Crippen LogP contribution < -0.4 is 0 Å². The molecule has 5 nitrogen and oxygen atoms in total. The molecule has 0 bridgehead atoms. The van der Waals surface area contributed by atoms with Crippen LogP contribution in [-0.2, 0) is 9.53 Å². The quantitative estimate of drug-likeness (QED) is 0.799. The van der Waals surface area contributed by atoms with Gasteiger partial charge in [-0.3, -0.25) is 14.6 Å². The third-order valence-corrected chi connectivity index (χ3v) is 5.31. The number of ether oxygens (including phenoxy) is 1. The maximum Gasteiger partial charge on any atom is 0.309 e. The molecule has 0 aromatic carbocycles. The Morgan fingerprint density at radius 1 is 1.21 bits per heavy atom. The van der Waals surface area contributed by atoms with Gasteiger partial charge in [0.05, 0.1) is 17.4 Å². The molecule has 24 heavy (non-hydrogen) atoms. The zero-order valence-corrected chi connectivity index (χ0v) is 14.4. The number of esters is 1. The minimum Gasteiger partial charge on any atom is -0.466 e. The molecule has 1 saturated heterocycles. The Labute approximate surface area is 145 Å². The van der Waals surface area contributed by atoms with Crippen molar-refractivity contribution in [2.45, 2.75) is 19.8 Å². The van der Waals surface area contributed by atoms with Gasteiger partial charge in [0.2, 0.25) is 0 Å². The fraction of sp³-hybridized carbons (Fsp3) is 0.389. The van der Waals surface area contributed by atoms with Gasteiger partial charge in [-0.1, -0.05) is 0 Å². The highest BCUT2D eigenvalue weighted by atomic mass is 32.1. The van der Waals surface area contributed by atoms with Crippen molar-refractivity contribution < 1.29 is 14.3 Å². The Morgan fingerprint density at radius 3 is 2.58 bits per heavy atom. The molecule has 3 heterocycles. The SMILES string of the molecule is CCOC(=O)C1CCN(C(=O)c2ccc(-c3ccncc3)s2)CC1. The lowest BCUT2D eigenvalue weighted by molar-refractivity contribution is -0.149. The summed E-state index contributed by atoms with van der Waals surface area (Å²) in [5.41, 5.74) is 1.06. The van der Waals surface area contributed by atoms with Gasteiger partial charge < -0.3 is 9.64 Å². The molecule has 126 valence electrons. The summed E-state index contributed by atoms with van der Waals surface area (Å²) >= 11 is 1.49. The summed E-state index contributed by atoms with van der Waals surface area (Å²) in [7, 11) is 0. The highest BCUT2D eigenvalue weighted by Crippen LogP contribution is 2.29. The van der Waals surface area contributed by atoms with E-state index in [1.807, 2.05) is 36.1 Å². The van der Waals surface area contributed by atoms with Crippen molar-refractivity contribution in [2.75, 3.05) is 19.7 Å². The van der Waals surface area contributed by atoms with Crippen LogP contribution in [0.3, 0.4) is 0 Å². The molecule has 1 fully saturated rings. The van der Waals surface area contributed by atoms with E-state index in [1.54, 1.807) is 12.4 Å². The predicted molar refractivity (Wildman–Crippen MR) is 92.8 cm³/mol. The minimum atomic E-state index is -0.138. The highest BCUT2D eigenvalue weighted by molar-refractivity contribution is 7.17. The van der Waals surface area contributed by atoms with E-state index >= 15 is 0 Å². The van der Waals surface area contributed by atoms with Crippen molar-refractivity contribution in [2.24, 2.45) is 5.92 Å². The van der Waals surface area contributed by atoms with Crippen LogP contribution in [0.4, 0.5) is 0 Å². The van der Waals surface area contributed by atoms with Gasteiger partial charge in [0.15, 0.2) is 0 Å².